The first kappa shape index (κ1) is 25.5. The quantitative estimate of drug-likeness (QED) is 0.343. The highest BCUT2D eigenvalue weighted by Crippen LogP contribution is 2.22. The maximum Gasteiger partial charge on any atom is 0.308 e. The Bertz CT molecular complexity index is 1160. The fourth-order valence-corrected chi connectivity index (χ4v) is 4.05. The molecule has 2 aromatic heterocycles. The number of aryl methyl sites for hydroxylation is 2. The highest BCUT2D eigenvalue weighted by Gasteiger charge is 2.21. The third-order valence-corrected chi connectivity index (χ3v) is 5.94. The van der Waals surface area contributed by atoms with Gasteiger partial charge in [-0.2, -0.15) is 4.98 Å². The summed E-state index contributed by atoms with van der Waals surface area (Å²) in [4.78, 5) is 34.2. The molecule has 0 aliphatic carbocycles. The van der Waals surface area contributed by atoms with Gasteiger partial charge in [-0.1, -0.05) is 23.9 Å². The molecule has 0 radical (unpaired) electrons. The maximum absolute atomic E-state index is 12.9. The molecule has 3 rings (SSSR count). The van der Waals surface area contributed by atoms with Gasteiger partial charge in [-0.05, 0) is 63.6 Å². The molecular weight excluding hydrogens is 454 g/mol. The van der Waals surface area contributed by atoms with Gasteiger partial charge in [0.25, 0.3) is 5.78 Å². The number of hydrogen-bond acceptors (Lipinski definition) is 8. The molecule has 2 heterocycles. The number of rotatable bonds is 10. The SMILES string of the molecule is COc1ccc(C(CC(=O)OC(C)C)NC(=O)CCc2c(C)nc3nc(SC)nn3c2C)cc1. The van der Waals surface area contributed by atoms with Crippen molar-refractivity contribution in [2.45, 2.75) is 64.3 Å². The molecule has 1 atom stereocenters. The smallest absolute Gasteiger partial charge is 0.308 e. The molecule has 0 aliphatic rings. The average Bonchev–Trinajstić information content (AvgIpc) is 3.21. The van der Waals surface area contributed by atoms with Gasteiger partial charge in [-0.15, -0.1) is 5.10 Å². The standard InChI is InChI=1S/C24H31N5O4S/c1-14(2)33-22(31)13-20(17-7-9-18(32-5)10-8-17)26-21(30)12-11-19-15(3)25-23-27-24(34-6)28-29(23)16(19)4/h7-10,14,20H,11-13H2,1-6H3,(H,26,30). The van der Waals surface area contributed by atoms with Gasteiger partial charge in [-0.3, -0.25) is 9.59 Å². The lowest BCUT2D eigenvalue weighted by atomic mass is 10.0. The highest BCUT2D eigenvalue weighted by molar-refractivity contribution is 7.98. The molecule has 0 bridgehead atoms. The lowest BCUT2D eigenvalue weighted by Gasteiger charge is -2.20. The van der Waals surface area contributed by atoms with Crippen LogP contribution in [-0.2, 0) is 20.7 Å². The summed E-state index contributed by atoms with van der Waals surface area (Å²) in [7, 11) is 1.59. The molecule has 0 saturated carbocycles. The van der Waals surface area contributed by atoms with Crippen LogP contribution in [0.5, 0.6) is 5.75 Å². The predicted octanol–water partition coefficient (Wildman–Crippen LogP) is 3.60. The Morgan fingerprint density at radius 3 is 2.47 bits per heavy atom. The summed E-state index contributed by atoms with van der Waals surface area (Å²) in [6, 6.07) is 6.78. The van der Waals surface area contributed by atoms with E-state index in [1.807, 2.05) is 32.2 Å². The summed E-state index contributed by atoms with van der Waals surface area (Å²) in [6.45, 7) is 7.46. The zero-order valence-electron chi connectivity index (χ0n) is 20.4. The first-order chi connectivity index (χ1) is 16.2. The Kier molecular flexibility index (Phi) is 8.49. The fourth-order valence-electron chi connectivity index (χ4n) is 3.71. The van der Waals surface area contributed by atoms with Crippen molar-refractivity contribution in [1.82, 2.24) is 24.9 Å². The van der Waals surface area contributed by atoms with Gasteiger partial charge < -0.3 is 14.8 Å². The molecule has 3 aromatic rings. The Balaban J connectivity index is 1.74. The number of ether oxygens (including phenoxy) is 2. The molecule has 10 heteroatoms. The van der Waals surface area contributed by atoms with Crippen molar-refractivity contribution in [2.24, 2.45) is 0 Å². The number of fused-ring (bicyclic) bond motifs is 1. The Labute approximate surface area is 203 Å². The minimum atomic E-state index is -0.507. The monoisotopic (exact) mass is 485 g/mol. The van der Waals surface area contributed by atoms with Crippen molar-refractivity contribution in [2.75, 3.05) is 13.4 Å². The third kappa shape index (κ3) is 6.25. The third-order valence-electron chi connectivity index (χ3n) is 5.41. The van der Waals surface area contributed by atoms with Crippen molar-refractivity contribution in [3.8, 4) is 5.75 Å². The number of thioether (sulfide) groups is 1. The summed E-state index contributed by atoms with van der Waals surface area (Å²) in [5, 5.41) is 8.11. The highest BCUT2D eigenvalue weighted by atomic mass is 32.2. The van der Waals surface area contributed by atoms with E-state index >= 15 is 0 Å². The molecule has 34 heavy (non-hydrogen) atoms. The summed E-state index contributed by atoms with van der Waals surface area (Å²) in [5.74, 6) is 0.717. The van der Waals surface area contributed by atoms with E-state index in [4.69, 9.17) is 9.47 Å². The first-order valence-corrected chi connectivity index (χ1v) is 12.3. The number of nitrogens with zero attached hydrogens (tertiary/aromatic N) is 4. The van der Waals surface area contributed by atoms with E-state index in [0.717, 1.165) is 22.5 Å². The van der Waals surface area contributed by atoms with Gasteiger partial charge in [0.2, 0.25) is 11.1 Å². The lowest BCUT2D eigenvalue weighted by Crippen LogP contribution is -2.31. The molecule has 0 spiro atoms. The number of nitrogens with one attached hydrogen (secondary N) is 1. The van der Waals surface area contributed by atoms with E-state index < -0.39 is 6.04 Å². The number of methoxy groups -OCH3 is 1. The van der Waals surface area contributed by atoms with Gasteiger partial charge in [0.15, 0.2) is 0 Å². The number of hydrogen-bond donors (Lipinski definition) is 1. The molecule has 0 fully saturated rings. The first-order valence-electron chi connectivity index (χ1n) is 11.1. The molecule has 1 N–H and O–H groups in total. The van der Waals surface area contributed by atoms with Gasteiger partial charge in [-0.25, -0.2) is 9.50 Å². The molecule has 0 saturated heterocycles. The minimum absolute atomic E-state index is 0.0399. The second kappa shape index (κ2) is 11.3. The number of benzene rings is 1. The molecule has 1 unspecified atom stereocenters. The molecular formula is C24H31N5O4S. The van der Waals surface area contributed by atoms with Gasteiger partial charge in [0, 0.05) is 17.8 Å². The normalized spacial score (nSPS) is 12.1. The van der Waals surface area contributed by atoms with Crippen LogP contribution < -0.4 is 10.1 Å². The van der Waals surface area contributed by atoms with E-state index in [9.17, 15) is 9.59 Å². The van der Waals surface area contributed by atoms with E-state index in [1.54, 1.807) is 37.6 Å². The van der Waals surface area contributed by atoms with Crippen molar-refractivity contribution >= 4 is 29.4 Å². The molecule has 0 aliphatic heterocycles. The van der Waals surface area contributed by atoms with Crippen molar-refractivity contribution in [3.63, 3.8) is 0 Å². The van der Waals surface area contributed by atoms with E-state index in [-0.39, 0.29) is 30.8 Å². The summed E-state index contributed by atoms with van der Waals surface area (Å²) < 4.78 is 12.2. The number of aromatic nitrogens is 4. The second-order valence-electron chi connectivity index (χ2n) is 8.21. The topological polar surface area (TPSA) is 108 Å². The fraction of sp³-hybridized carbons (Fsp3) is 0.458. The number of carbonyl (C=O) groups is 2. The largest absolute Gasteiger partial charge is 0.497 e. The molecule has 9 nitrogen and oxygen atoms in total. The van der Waals surface area contributed by atoms with Crippen LogP contribution in [0.15, 0.2) is 29.4 Å². The number of amides is 1. The number of carbonyl (C=O) groups excluding carboxylic acids is 2. The van der Waals surface area contributed by atoms with Gasteiger partial charge in [0.1, 0.15) is 5.75 Å². The summed E-state index contributed by atoms with van der Waals surface area (Å²) in [6.07, 6.45) is 2.46. The average molecular weight is 486 g/mol. The van der Waals surface area contributed by atoms with Crippen LogP contribution in [0.25, 0.3) is 5.78 Å². The lowest BCUT2D eigenvalue weighted by molar-refractivity contribution is -0.148. The van der Waals surface area contributed by atoms with Gasteiger partial charge in [0.05, 0.1) is 25.7 Å². The zero-order valence-corrected chi connectivity index (χ0v) is 21.2. The van der Waals surface area contributed by atoms with Crippen LogP contribution in [0, 0.1) is 13.8 Å². The predicted molar refractivity (Wildman–Crippen MR) is 130 cm³/mol. The van der Waals surface area contributed by atoms with Gasteiger partial charge >= 0.3 is 5.97 Å². The van der Waals surface area contributed by atoms with Crippen LogP contribution >= 0.6 is 11.8 Å². The Morgan fingerprint density at radius 1 is 1.15 bits per heavy atom. The van der Waals surface area contributed by atoms with Crippen LogP contribution in [0.4, 0.5) is 0 Å². The number of esters is 1. The molecule has 1 aromatic carbocycles. The zero-order chi connectivity index (χ0) is 24.8. The van der Waals surface area contributed by atoms with Crippen LogP contribution in [0.2, 0.25) is 0 Å². The van der Waals surface area contributed by atoms with E-state index in [1.165, 1.54) is 11.8 Å². The second-order valence-corrected chi connectivity index (χ2v) is 8.98. The Hall–Kier alpha value is -3.14. The van der Waals surface area contributed by atoms with Crippen molar-refractivity contribution in [1.29, 1.82) is 0 Å². The summed E-state index contributed by atoms with van der Waals surface area (Å²) >= 11 is 1.46. The minimum Gasteiger partial charge on any atom is -0.497 e. The molecule has 182 valence electrons. The van der Waals surface area contributed by atoms with E-state index in [0.29, 0.717) is 23.1 Å². The Morgan fingerprint density at radius 2 is 1.85 bits per heavy atom. The maximum atomic E-state index is 12.9. The van der Waals surface area contributed by atoms with Crippen molar-refractivity contribution < 1.29 is 19.1 Å². The van der Waals surface area contributed by atoms with E-state index in [2.05, 4.69) is 20.4 Å². The van der Waals surface area contributed by atoms with Crippen LogP contribution in [0.1, 0.15) is 55.2 Å². The summed E-state index contributed by atoms with van der Waals surface area (Å²) in [5.41, 5.74) is 3.50. The molecule has 1 amide bonds. The van der Waals surface area contributed by atoms with Crippen LogP contribution in [-0.4, -0.2) is 50.9 Å². The van der Waals surface area contributed by atoms with Crippen LogP contribution in [0.3, 0.4) is 0 Å². The van der Waals surface area contributed by atoms with Crippen molar-refractivity contribution in [3.05, 3.63) is 46.8 Å².